The molecule has 1 N–H and O–H groups in total. The lowest BCUT2D eigenvalue weighted by Gasteiger charge is -2.10. The Labute approximate surface area is 159 Å². The van der Waals surface area contributed by atoms with Gasteiger partial charge in [0.1, 0.15) is 0 Å². The molecule has 1 heterocycles. The largest absolute Gasteiger partial charge is 0.324 e. The van der Waals surface area contributed by atoms with E-state index in [0.717, 1.165) is 10.9 Å². The molecule has 25 heavy (non-hydrogen) atoms. The second-order valence-electron chi connectivity index (χ2n) is 5.43. The van der Waals surface area contributed by atoms with E-state index in [0.29, 0.717) is 5.02 Å². The van der Waals surface area contributed by atoms with Gasteiger partial charge in [-0.2, -0.15) is 0 Å². The van der Waals surface area contributed by atoms with Gasteiger partial charge < -0.3 is 5.32 Å². The Bertz CT molecular complexity index is 943. The topological polar surface area (TPSA) is 51.1 Å². The highest BCUT2D eigenvalue weighted by Crippen LogP contribution is 2.33. The third kappa shape index (κ3) is 3.98. The molecule has 0 aliphatic rings. The summed E-state index contributed by atoms with van der Waals surface area (Å²) in [7, 11) is 0. The highest BCUT2D eigenvalue weighted by atomic mass is 35.5. The summed E-state index contributed by atoms with van der Waals surface area (Å²) in [4.78, 5) is 24.5. The summed E-state index contributed by atoms with van der Waals surface area (Å²) in [5.74, 6) is -0.513. The van der Waals surface area contributed by atoms with E-state index in [4.69, 9.17) is 34.8 Å². The quantitative estimate of drug-likeness (QED) is 0.619. The van der Waals surface area contributed by atoms with Gasteiger partial charge in [0, 0.05) is 29.4 Å². The first-order chi connectivity index (χ1) is 12.0. The fourth-order valence-electron chi connectivity index (χ4n) is 2.50. The number of anilines is 1. The maximum atomic E-state index is 12.4. The maximum absolute atomic E-state index is 12.4. The number of para-hydroxylation sites is 1. The van der Waals surface area contributed by atoms with Gasteiger partial charge in [0.2, 0.25) is 11.8 Å². The average molecular weight is 396 g/mol. The van der Waals surface area contributed by atoms with Crippen molar-refractivity contribution in [3.63, 3.8) is 0 Å². The van der Waals surface area contributed by atoms with Gasteiger partial charge in [0.15, 0.2) is 0 Å². The molecule has 0 atom stereocenters. The van der Waals surface area contributed by atoms with Crippen LogP contribution in [0.25, 0.3) is 10.9 Å². The Morgan fingerprint density at radius 2 is 1.64 bits per heavy atom. The second kappa shape index (κ2) is 7.48. The zero-order valence-corrected chi connectivity index (χ0v) is 15.2. The number of aromatic nitrogens is 1. The van der Waals surface area contributed by atoms with Gasteiger partial charge in [0.25, 0.3) is 0 Å². The molecule has 0 aliphatic carbocycles. The number of nitrogens with one attached hydrogen (secondary N) is 1. The number of hydrogen-bond donors (Lipinski definition) is 1. The maximum Gasteiger partial charge on any atom is 0.231 e. The molecular weight excluding hydrogens is 383 g/mol. The van der Waals surface area contributed by atoms with Crippen molar-refractivity contribution >= 4 is 63.2 Å². The molecule has 1 amide bonds. The molecule has 128 valence electrons. The molecule has 0 unspecified atom stereocenters. The number of nitrogens with zero attached hydrogens (tertiary/aromatic N) is 1. The number of carbonyl (C=O) groups excluding carboxylic acids is 2. The first-order valence-corrected chi connectivity index (χ1v) is 8.63. The van der Waals surface area contributed by atoms with Crippen molar-refractivity contribution in [1.29, 1.82) is 0 Å². The summed E-state index contributed by atoms with van der Waals surface area (Å²) in [6, 6.07) is 12.4. The van der Waals surface area contributed by atoms with Gasteiger partial charge in [-0.05, 0) is 24.3 Å². The summed E-state index contributed by atoms with van der Waals surface area (Å²) in [5, 5.41) is 4.46. The summed E-state index contributed by atoms with van der Waals surface area (Å²) in [5.41, 5.74) is 1.10. The third-order valence-electron chi connectivity index (χ3n) is 3.71. The lowest BCUT2D eigenvalue weighted by Crippen LogP contribution is -2.16. The van der Waals surface area contributed by atoms with E-state index < -0.39 is 0 Å². The van der Waals surface area contributed by atoms with Gasteiger partial charge in [-0.15, -0.1) is 0 Å². The number of halogens is 3. The van der Waals surface area contributed by atoms with Crippen LogP contribution < -0.4 is 5.32 Å². The number of amides is 1. The van der Waals surface area contributed by atoms with E-state index in [1.807, 2.05) is 30.3 Å². The number of rotatable bonds is 4. The lowest BCUT2D eigenvalue weighted by molar-refractivity contribution is -0.116. The van der Waals surface area contributed by atoms with E-state index in [1.54, 1.807) is 10.8 Å². The van der Waals surface area contributed by atoms with Crippen LogP contribution in [0.3, 0.4) is 0 Å². The van der Waals surface area contributed by atoms with E-state index in [-0.39, 0.29) is 40.4 Å². The smallest absolute Gasteiger partial charge is 0.231 e. The van der Waals surface area contributed by atoms with Crippen LogP contribution >= 0.6 is 34.8 Å². The highest BCUT2D eigenvalue weighted by molar-refractivity contribution is 6.42. The average Bonchev–Trinajstić information content (AvgIpc) is 3.00. The van der Waals surface area contributed by atoms with Gasteiger partial charge in [-0.25, -0.2) is 0 Å². The van der Waals surface area contributed by atoms with Crippen molar-refractivity contribution in [2.45, 2.75) is 12.8 Å². The number of carbonyl (C=O) groups is 2. The van der Waals surface area contributed by atoms with Crippen molar-refractivity contribution in [2.75, 3.05) is 5.32 Å². The van der Waals surface area contributed by atoms with E-state index in [2.05, 4.69) is 5.32 Å². The van der Waals surface area contributed by atoms with Crippen molar-refractivity contribution in [3.8, 4) is 0 Å². The van der Waals surface area contributed by atoms with Crippen molar-refractivity contribution < 1.29 is 9.59 Å². The van der Waals surface area contributed by atoms with E-state index >= 15 is 0 Å². The first kappa shape index (κ1) is 17.8. The number of fused-ring (bicyclic) bond motifs is 1. The zero-order valence-electron chi connectivity index (χ0n) is 12.9. The Balaban J connectivity index is 1.66. The Morgan fingerprint density at radius 1 is 0.960 bits per heavy atom. The Kier molecular flexibility index (Phi) is 5.33. The minimum absolute atomic E-state index is 0.0145. The Hall–Kier alpha value is -2.01. The molecule has 0 saturated heterocycles. The van der Waals surface area contributed by atoms with Gasteiger partial charge >= 0.3 is 0 Å². The van der Waals surface area contributed by atoms with Gasteiger partial charge in [-0.3, -0.25) is 14.2 Å². The fraction of sp³-hybridized carbons (Fsp3) is 0.111. The first-order valence-electron chi connectivity index (χ1n) is 7.49. The monoisotopic (exact) mass is 394 g/mol. The number of benzene rings is 2. The van der Waals surface area contributed by atoms with Crippen LogP contribution in [0.4, 0.5) is 5.69 Å². The van der Waals surface area contributed by atoms with Crippen molar-refractivity contribution in [1.82, 2.24) is 4.57 Å². The molecule has 3 aromatic rings. The minimum Gasteiger partial charge on any atom is -0.324 e. The predicted molar refractivity (Wildman–Crippen MR) is 102 cm³/mol. The second-order valence-corrected chi connectivity index (χ2v) is 6.68. The van der Waals surface area contributed by atoms with Crippen LogP contribution in [-0.2, 0) is 4.79 Å². The van der Waals surface area contributed by atoms with Crippen molar-refractivity contribution in [3.05, 3.63) is 63.7 Å². The third-order valence-corrected chi connectivity index (χ3v) is 4.52. The molecule has 7 heteroatoms. The SMILES string of the molecule is O=C(CCC(=O)n1ccc2ccccc21)Nc1c(Cl)cc(Cl)cc1Cl. The molecule has 2 aromatic carbocycles. The minimum atomic E-state index is -0.351. The summed E-state index contributed by atoms with van der Waals surface area (Å²) >= 11 is 17.9. The molecule has 0 saturated carbocycles. The van der Waals surface area contributed by atoms with Crippen LogP contribution in [0.5, 0.6) is 0 Å². The van der Waals surface area contributed by atoms with Gasteiger partial charge in [-0.1, -0.05) is 53.0 Å². The summed E-state index contributed by atoms with van der Waals surface area (Å²) in [6.07, 6.45) is 1.78. The standard InChI is InChI=1S/C18H13Cl3N2O2/c19-12-9-13(20)18(14(21)10-12)22-16(24)5-6-17(25)23-8-7-11-3-1-2-4-15(11)23/h1-4,7-10H,5-6H2,(H,22,24). The van der Waals surface area contributed by atoms with E-state index in [1.165, 1.54) is 12.1 Å². The van der Waals surface area contributed by atoms with Crippen molar-refractivity contribution in [2.24, 2.45) is 0 Å². The molecule has 0 bridgehead atoms. The molecule has 4 nitrogen and oxygen atoms in total. The molecule has 1 aromatic heterocycles. The normalized spacial score (nSPS) is 10.8. The molecule has 0 fully saturated rings. The lowest BCUT2D eigenvalue weighted by atomic mass is 10.2. The Morgan fingerprint density at radius 3 is 2.36 bits per heavy atom. The zero-order chi connectivity index (χ0) is 18.0. The molecule has 0 aliphatic heterocycles. The highest BCUT2D eigenvalue weighted by Gasteiger charge is 2.14. The molecule has 0 radical (unpaired) electrons. The van der Waals surface area contributed by atoms with Gasteiger partial charge in [0.05, 0.1) is 21.2 Å². The molecular formula is C18H13Cl3N2O2. The summed E-state index contributed by atoms with van der Waals surface area (Å²) in [6.45, 7) is 0. The van der Waals surface area contributed by atoms with E-state index in [9.17, 15) is 9.59 Å². The van der Waals surface area contributed by atoms with Crippen LogP contribution in [0.2, 0.25) is 15.1 Å². The fourth-order valence-corrected chi connectivity index (χ4v) is 3.42. The van der Waals surface area contributed by atoms with Crippen LogP contribution in [0.15, 0.2) is 48.7 Å². The van der Waals surface area contributed by atoms with Crippen LogP contribution in [0.1, 0.15) is 17.6 Å². The predicted octanol–water partition coefficient (Wildman–Crippen LogP) is 5.66. The molecule has 3 rings (SSSR count). The van der Waals surface area contributed by atoms with Crippen LogP contribution in [-0.4, -0.2) is 16.4 Å². The molecule has 0 spiro atoms. The van der Waals surface area contributed by atoms with Crippen LogP contribution in [0, 0.1) is 0 Å². The summed E-state index contributed by atoms with van der Waals surface area (Å²) < 4.78 is 1.55. The number of hydrogen-bond acceptors (Lipinski definition) is 2.